The van der Waals surface area contributed by atoms with E-state index in [2.05, 4.69) is 40.9 Å². The zero-order chi connectivity index (χ0) is 24.0. The fourth-order valence-electron chi connectivity index (χ4n) is 3.55. The SMILES string of the molecule is Cn1c(CNc2cccc(C(=O)NCc3ncnn3-c3ccccc3)c2)nnc1-c1ccncn1. The van der Waals surface area contributed by atoms with E-state index in [1.807, 2.05) is 54.1 Å². The van der Waals surface area contributed by atoms with E-state index in [9.17, 15) is 4.79 Å². The Hall–Kier alpha value is -4.93. The zero-order valence-electron chi connectivity index (χ0n) is 18.9. The highest BCUT2D eigenvalue weighted by Gasteiger charge is 2.13. The first-order valence-electron chi connectivity index (χ1n) is 10.9. The van der Waals surface area contributed by atoms with E-state index in [1.54, 1.807) is 29.1 Å². The van der Waals surface area contributed by atoms with Crippen molar-refractivity contribution in [3.63, 3.8) is 0 Å². The molecule has 3 heterocycles. The van der Waals surface area contributed by atoms with Crippen molar-refractivity contribution in [3.8, 4) is 17.2 Å². The topological polar surface area (TPSA) is 128 Å². The normalized spacial score (nSPS) is 10.8. The van der Waals surface area contributed by atoms with Gasteiger partial charge in [0, 0.05) is 24.5 Å². The highest BCUT2D eigenvalue weighted by Crippen LogP contribution is 2.16. The molecule has 0 spiro atoms. The second-order valence-electron chi connectivity index (χ2n) is 7.63. The molecule has 0 aliphatic carbocycles. The van der Waals surface area contributed by atoms with Crippen molar-refractivity contribution in [2.75, 3.05) is 5.32 Å². The number of hydrogen-bond donors (Lipinski definition) is 2. The highest BCUT2D eigenvalue weighted by molar-refractivity contribution is 5.95. The first-order valence-corrected chi connectivity index (χ1v) is 10.9. The summed E-state index contributed by atoms with van der Waals surface area (Å²) in [5, 5.41) is 18.9. The quantitative estimate of drug-likeness (QED) is 0.357. The highest BCUT2D eigenvalue weighted by atomic mass is 16.1. The standard InChI is InChI=1S/C24H22N10O/c1-33-22(31-32-23(33)20-10-11-25-15-28-20)14-26-18-7-5-6-17(12-18)24(35)27-13-21-29-16-30-34(21)19-8-3-2-4-9-19/h2-12,15-16,26H,13-14H2,1H3,(H,27,35). The predicted molar refractivity (Wildman–Crippen MR) is 128 cm³/mol. The molecular weight excluding hydrogens is 444 g/mol. The van der Waals surface area contributed by atoms with Gasteiger partial charge in [-0.15, -0.1) is 10.2 Å². The van der Waals surface area contributed by atoms with Crippen LogP contribution in [0.5, 0.6) is 0 Å². The van der Waals surface area contributed by atoms with Crippen molar-refractivity contribution in [1.29, 1.82) is 0 Å². The Balaban J connectivity index is 1.22. The van der Waals surface area contributed by atoms with Crippen LogP contribution in [0, 0.1) is 0 Å². The average Bonchev–Trinajstić information content (AvgIpc) is 3.53. The van der Waals surface area contributed by atoms with Gasteiger partial charge in [0.05, 0.1) is 18.8 Å². The summed E-state index contributed by atoms with van der Waals surface area (Å²) < 4.78 is 3.57. The lowest BCUT2D eigenvalue weighted by Crippen LogP contribution is -2.24. The molecule has 0 aliphatic heterocycles. The number of hydrogen-bond acceptors (Lipinski definition) is 8. The largest absolute Gasteiger partial charge is 0.378 e. The molecule has 11 heteroatoms. The molecule has 0 unspecified atom stereocenters. The monoisotopic (exact) mass is 466 g/mol. The van der Waals surface area contributed by atoms with Gasteiger partial charge in [-0.05, 0) is 36.4 Å². The van der Waals surface area contributed by atoms with E-state index in [-0.39, 0.29) is 12.5 Å². The predicted octanol–water partition coefficient (Wildman–Crippen LogP) is 2.39. The van der Waals surface area contributed by atoms with Crippen molar-refractivity contribution in [3.05, 3.63) is 96.7 Å². The first-order chi connectivity index (χ1) is 17.2. The molecule has 2 aromatic carbocycles. The number of nitrogens with zero attached hydrogens (tertiary/aromatic N) is 8. The second-order valence-corrected chi connectivity index (χ2v) is 7.63. The average molecular weight is 467 g/mol. The molecule has 1 amide bonds. The van der Waals surface area contributed by atoms with Crippen LogP contribution in [0.15, 0.2) is 79.5 Å². The van der Waals surface area contributed by atoms with Gasteiger partial charge in [-0.2, -0.15) is 5.10 Å². The number of benzene rings is 2. The lowest BCUT2D eigenvalue weighted by atomic mass is 10.2. The Morgan fingerprint density at radius 3 is 2.63 bits per heavy atom. The van der Waals surface area contributed by atoms with Crippen LogP contribution in [0.3, 0.4) is 0 Å². The number of para-hydroxylation sites is 1. The number of nitrogens with one attached hydrogen (secondary N) is 2. The van der Waals surface area contributed by atoms with Crippen LogP contribution in [0.4, 0.5) is 5.69 Å². The van der Waals surface area contributed by atoms with E-state index < -0.39 is 0 Å². The van der Waals surface area contributed by atoms with Crippen LogP contribution in [0.25, 0.3) is 17.2 Å². The molecule has 0 bridgehead atoms. The minimum absolute atomic E-state index is 0.207. The summed E-state index contributed by atoms with van der Waals surface area (Å²) in [5.74, 6) is 1.82. The molecule has 5 rings (SSSR count). The van der Waals surface area contributed by atoms with Crippen molar-refractivity contribution in [2.45, 2.75) is 13.1 Å². The smallest absolute Gasteiger partial charge is 0.251 e. The van der Waals surface area contributed by atoms with Crippen molar-refractivity contribution in [1.82, 2.24) is 44.8 Å². The summed E-state index contributed by atoms with van der Waals surface area (Å²) in [6.07, 6.45) is 4.61. The third kappa shape index (κ3) is 4.88. The fraction of sp³-hybridized carbons (Fsp3) is 0.125. The number of carbonyl (C=O) groups excluding carboxylic acids is 1. The van der Waals surface area contributed by atoms with Crippen LogP contribution < -0.4 is 10.6 Å². The van der Waals surface area contributed by atoms with Crippen molar-refractivity contribution >= 4 is 11.6 Å². The van der Waals surface area contributed by atoms with Crippen LogP contribution in [-0.4, -0.2) is 45.4 Å². The Morgan fingerprint density at radius 2 is 1.80 bits per heavy atom. The molecule has 0 saturated carbocycles. The molecule has 2 N–H and O–H groups in total. The van der Waals surface area contributed by atoms with E-state index in [0.717, 1.165) is 17.2 Å². The lowest BCUT2D eigenvalue weighted by Gasteiger charge is -2.10. The van der Waals surface area contributed by atoms with E-state index in [1.165, 1.54) is 12.7 Å². The van der Waals surface area contributed by atoms with Gasteiger partial charge < -0.3 is 15.2 Å². The number of aromatic nitrogens is 8. The Bertz CT molecular complexity index is 1430. The Morgan fingerprint density at radius 1 is 0.914 bits per heavy atom. The molecule has 0 atom stereocenters. The maximum atomic E-state index is 12.8. The van der Waals surface area contributed by atoms with Gasteiger partial charge >= 0.3 is 0 Å². The molecule has 5 aromatic rings. The molecule has 0 saturated heterocycles. The van der Waals surface area contributed by atoms with Crippen LogP contribution >= 0.6 is 0 Å². The number of amides is 1. The van der Waals surface area contributed by atoms with Crippen LogP contribution in [0.2, 0.25) is 0 Å². The maximum Gasteiger partial charge on any atom is 0.251 e. The molecule has 0 fully saturated rings. The zero-order valence-corrected chi connectivity index (χ0v) is 18.9. The van der Waals surface area contributed by atoms with Gasteiger partial charge in [-0.3, -0.25) is 4.79 Å². The van der Waals surface area contributed by atoms with E-state index in [4.69, 9.17) is 0 Å². The van der Waals surface area contributed by atoms with Crippen LogP contribution in [0.1, 0.15) is 22.0 Å². The third-order valence-electron chi connectivity index (χ3n) is 5.38. The lowest BCUT2D eigenvalue weighted by molar-refractivity contribution is 0.0949. The fourth-order valence-corrected chi connectivity index (χ4v) is 3.55. The van der Waals surface area contributed by atoms with Crippen molar-refractivity contribution in [2.24, 2.45) is 7.05 Å². The van der Waals surface area contributed by atoms with Crippen LogP contribution in [-0.2, 0) is 20.1 Å². The summed E-state index contributed by atoms with van der Waals surface area (Å²) in [7, 11) is 1.88. The number of anilines is 1. The van der Waals surface area contributed by atoms with Gasteiger partial charge in [0.1, 0.15) is 18.3 Å². The molecule has 11 nitrogen and oxygen atoms in total. The molecule has 0 aliphatic rings. The van der Waals surface area contributed by atoms with E-state index >= 15 is 0 Å². The van der Waals surface area contributed by atoms with Gasteiger partial charge in [-0.1, -0.05) is 24.3 Å². The Labute approximate surface area is 200 Å². The minimum atomic E-state index is -0.207. The van der Waals surface area contributed by atoms with Gasteiger partial charge in [0.25, 0.3) is 5.91 Å². The molecule has 0 radical (unpaired) electrons. The second kappa shape index (κ2) is 9.91. The minimum Gasteiger partial charge on any atom is -0.378 e. The number of rotatable bonds is 8. The van der Waals surface area contributed by atoms with Gasteiger partial charge in [0.2, 0.25) is 0 Å². The molecule has 35 heavy (non-hydrogen) atoms. The van der Waals surface area contributed by atoms with Gasteiger partial charge in [0.15, 0.2) is 17.5 Å². The molecular formula is C24H22N10O. The van der Waals surface area contributed by atoms with Crippen molar-refractivity contribution < 1.29 is 4.79 Å². The number of carbonyl (C=O) groups is 1. The Kier molecular flexibility index (Phi) is 6.20. The van der Waals surface area contributed by atoms with Gasteiger partial charge in [-0.25, -0.2) is 19.6 Å². The summed E-state index contributed by atoms with van der Waals surface area (Å²) in [6.45, 7) is 0.677. The third-order valence-corrected chi connectivity index (χ3v) is 5.38. The molecule has 3 aromatic heterocycles. The first kappa shape index (κ1) is 21.9. The maximum absolute atomic E-state index is 12.8. The summed E-state index contributed by atoms with van der Waals surface area (Å²) in [6, 6.07) is 18.7. The summed E-state index contributed by atoms with van der Waals surface area (Å²) in [5.41, 5.74) is 2.90. The summed E-state index contributed by atoms with van der Waals surface area (Å²) >= 11 is 0. The molecule has 174 valence electrons. The van der Waals surface area contributed by atoms with E-state index in [0.29, 0.717) is 29.5 Å². The summed E-state index contributed by atoms with van der Waals surface area (Å²) in [4.78, 5) is 25.2.